The number of oxazole rings is 1. The van der Waals surface area contributed by atoms with Gasteiger partial charge in [0.05, 0.1) is 4.92 Å². The lowest BCUT2D eigenvalue weighted by molar-refractivity contribution is -0.384. The van der Waals surface area contributed by atoms with Crippen LogP contribution >= 0.6 is 11.6 Å². The van der Waals surface area contributed by atoms with E-state index >= 15 is 0 Å². The summed E-state index contributed by atoms with van der Waals surface area (Å²) >= 11 is 5.82. The van der Waals surface area contributed by atoms with Crippen LogP contribution in [0.15, 0.2) is 46.9 Å². The molecular formula is C19H16ClN3O4. The summed E-state index contributed by atoms with van der Waals surface area (Å²) in [5, 5.41) is 11.0. The van der Waals surface area contributed by atoms with Gasteiger partial charge < -0.3 is 9.32 Å². The molecule has 0 N–H and O–H groups in total. The quantitative estimate of drug-likeness (QED) is 0.492. The summed E-state index contributed by atoms with van der Waals surface area (Å²) in [6.45, 7) is 1.08. The van der Waals surface area contributed by atoms with Crippen molar-refractivity contribution in [3.8, 4) is 0 Å². The second kappa shape index (κ2) is 7.00. The average molecular weight is 386 g/mol. The van der Waals surface area contributed by atoms with Crippen molar-refractivity contribution in [1.82, 2.24) is 9.88 Å². The lowest BCUT2D eigenvalue weighted by Crippen LogP contribution is -2.38. The molecule has 0 atom stereocenters. The van der Waals surface area contributed by atoms with E-state index in [9.17, 15) is 14.9 Å². The normalized spacial score (nSPS) is 15.2. The Morgan fingerprint density at radius 2 is 1.96 bits per heavy atom. The Hall–Kier alpha value is -2.93. The molecule has 1 amide bonds. The molecule has 0 aliphatic carbocycles. The van der Waals surface area contributed by atoms with Crippen LogP contribution in [0, 0.1) is 10.1 Å². The number of benzene rings is 2. The molecule has 0 radical (unpaired) electrons. The number of hydrogen-bond acceptors (Lipinski definition) is 5. The molecule has 1 aliphatic rings. The van der Waals surface area contributed by atoms with E-state index in [2.05, 4.69) is 4.98 Å². The summed E-state index contributed by atoms with van der Waals surface area (Å²) in [5.74, 6) is 0.622. The van der Waals surface area contributed by atoms with Gasteiger partial charge in [0.2, 0.25) is 0 Å². The minimum Gasteiger partial charge on any atom is -0.440 e. The van der Waals surface area contributed by atoms with Crippen LogP contribution in [0.4, 0.5) is 5.69 Å². The molecule has 1 aliphatic heterocycles. The predicted molar refractivity (Wildman–Crippen MR) is 100.0 cm³/mol. The summed E-state index contributed by atoms with van der Waals surface area (Å²) < 4.78 is 5.84. The number of halogens is 1. The first-order valence-electron chi connectivity index (χ1n) is 8.61. The standard InChI is InChI=1S/C19H16ClN3O4/c20-14-6-5-13(11-16(14)23(25)26)19(24)22-9-7-12(8-10-22)18-21-15-3-1-2-4-17(15)27-18/h1-6,11-12H,7-10H2. The molecule has 7 nitrogen and oxygen atoms in total. The number of nitro groups is 1. The highest BCUT2D eigenvalue weighted by Crippen LogP contribution is 2.31. The lowest BCUT2D eigenvalue weighted by atomic mass is 9.96. The van der Waals surface area contributed by atoms with Crippen LogP contribution in [-0.4, -0.2) is 33.8 Å². The smallest absolute Gasteiger partial charge is 0.288 e. The van der Waals surface area contributed by atoms with E-state index in [1.807, 2.05) is 24.3 Å². The van der Waals surface area contributed by atoms with Crippen LogP contribution in [0.2, 0.25) is 5.02 Å². The highest BCUT2D eigenvalue weighted by molar-refractivity contribution is 6.32. The van der Waals surface area contributed by atoms with Crippen molar-refractivity contribution >= 4 is 34.3 Å². The molecule has 1 aromatic heterocycles. The number of nitrogens with zero attached hydrogens (tertiary/aromatic N) is 3. The third-order valence-corrected chi connectivity index (χ3v) is 5.15. The highest BCUT2D eigenvalue weighted by atomic mass is 35.5. The first-order chi connectivity index (χ1) is 13.0. The number of nitro benzene ring substituents is 1. The minimum absolute atomic E-state index is 0.0196. The van der Waals surface area contributed by atoms with Gasteiger partial charge in [-0.25, -0.2) is 4.98 Å². The van der Waals surface area contributed by atoms with E-state index in [0.29, 0.717) is 19.0 Å². The Kier molecular flexibility index (Phi) is 4.53. The first-order valence-corrected chi connectivity index (χ1v) is 8.99. The highest BCUT2D eigenvalue weighted by Gasteiger charge is 2.28. The summed E-state index contributed by atoms with van der Waals surface area (Å²) in [5.41, 5.74) is 1.61. The third-order valence-electron chi connectivity index (χ3n) is 4.83. The number of amides is 1. The van der Waals surface area contributed by atoms with Crippen LogP contribution in [0.5, 0.6) is 0 Å². The SMILES string of the molecule is O=C(c1ccc(Cl)c([N+](=O)[O-])c1)N1CCC(c2nc3ccccc3o2)CC1. The Labute approximate surface area is 159 Å². The van der Waals surface area contributed by atoms with Crippen LogP contribution in [0.25, 0.3) is 11.1 Å². The van der Waals surface area contributed by atoms with Gasteiger partial charge in [0.15, 0.2) is 11.5 Å². The van der Waals surface area contributed by atoms with Crippen molar-refractivity contribution in [3.63, 3.8) is 0 Å². The van der Waals surface area contributed by atoms with Gasteiger partial charge in [-0.2, -0.15) is 0 Å². The first kappa shape index (κ1) is 17.5. The van der Waals surface area contributed by atoms with Crippen molar-refractivity contribution in [2.24, 2.45) is 0 Å². The van der Waals surface area contributed by atoms with Crippen molar-refractivity contribution < 1.29 is 14.1 Å². The fraction of sp³-hybridized carbons (Fsp3) is 0.263. The summed E-state index contributed by atoms with van der Waals surface area (Å²) in [6.07, 6.45) is 1.46. The van der Waals surface area contributed by atoms with Gasteiger partial charge in [0.25, 0.3) is 11.6 Å². The molecule has 0 unspecified atom stereocenters. The van der Waals surface area contributed by atoms with Gasteiger partial charge in [-0.1, -0.05) is 23.7 Å². The van der Waals surface area contributed by atoms with Crippen molar-refractivity contribution in [2.45, 2.75) is 18.8 Å². The maximum absolute atomic E-state index is 12.7. The second-order valence-corrected chi connectivity index (χ2v) is 6.92. The number of fused-ring (bicyclic) bond motifs is 1. The molecular weight excluding hydrogens is 370 g/mol. The summed E-state index contributed by atoms with van der Waals surface area (Å²) in [7, 11) is 0. The van der Waals surface area contributed by atoms with E-state index < -0.39 is 4.92 Å². The number of hydrogen-bond donors (Lipinski definition) is 0. The van der Waals surface area contributed by atoms with Gasteiger partial charge in [0.1, 0.15) is 10.5 Å². The molecule has 0 bridgehead atoms. The molecule has 3 aromatic rings. The molecule has 27 heavy (non-hydrogen) atoms. The van der Waals surface area contributed by atoms with Crippen LogP contribution in [-0.2, 0) is 0 Å². The molecule has 8 heteroatoms. The molecule has 0 saturated carbocycles. The Balaban J connectivity index is 1.46. The fourth-order valence-electron chi connectivity index (χ4n) is 3.36. The number of carbonyl (C=O) groups is 1. The predicted octanol–water partition coefficient (Wildman–Crippen LogP) is 4.41. The molecule has 0 spiro atoms. The monoisotopic (exact) mass is 385 g/mol. The molecule has 2 aromatic carbocycles. The zero-order valence-corrected chi connectivity index (χ0v) is 15.1. The van der Waals surface area contributed by atoms with E-state index in [4.69, 9.17) is 16.0 Å². The van der Waals surface area contributed by atoms with Gasteiger partial charge in [-0.15, -0.1) is 0 Å². The Morgan fingerprint density at radius 1 is 1.22 bits per heavy atom. The van der Waals surface area contributed by atoms with E-state index in [1.165, 1.54) is 18.2 Å². The summed E-state index contributed by atoms with van der Waals surface area (Å²) in [6, 6.07) is 11.8. The molecule has 2 heterocycles. The fourth-order valence-corrected chi connectivity index (χ4v) is 3.55. The maximum Gasteiger partial charge on any atom is 0.288 e. The minimum atomic E-state index is -0.585. The molecule has 1 fully saturated rings. The van der Waals surface area contributed by atoms with Crippen LogP contribution < -0.4 is 0 Å². The van der Waals surface area contributed by atoms with Crippen molar-refractivity contribution in [3.05, 3.63) is 69.1 Å². The third kappa shape index (κ3) is 3.38. The Morgan fingerprint density at radius 3 is 2.67 bits per heavy atom. The molecule has 1 saturated heterocycles. The average Bonchev–Trinajstić information content (AvgIpc) is 3.12. The zero-order chi connectivity index (χ0) is 19.0. The van der Waals surface area contributed by atoms with E-state index in [1.54, 1.807) is 4.90 Å². The maximum atomic E-state index is 12.7. The lowest BCUT2D eigenvalue weighted by Gasteiger charge is -2.30. The summed E-state index contributed by atoms with van der Waals surface area (Å²) in [4.78, 5) is 29.4. The number of piperidine rings is 1. The topological polar surface area (TPSA) is 89.5 Å². The number of likely N-dealkylation sites (tertiary alicyclic amines) is 1. The number of para-hydroxylation sites is 2. The van der Waals surface area contributed by atoms with Gasteiger partial charge in [0, 0.05) is 30.6 Å². The largest absolute Gasteiger partial charge is 0.440 e. The second-order valence-electron chi connectivity index (χ2n) is 6.51. The van der Waals surface area contributed by atoms with E-state index in [-0.39, 0.29) is 28.1 Å². The zero-order valence-electron chi connectivity index (χ0n) is 14.3. The van der Waals surface area contributed by atoms with E-state index in [0.717, 1.165) is 23.9 Å². The van der Waals surface area contributed by atoms with Crippen LogP contribution in [0.3, 0.4) is 0 Å². The van der Waals surface area contributed by atoms with Crippen molar-refractivity contribution in [1.29, 1.82) is 0 Å². The molecule has 4 rings (SSSR count). The number of carbonyl (C=O) groups excluding carboxylic acids is 1. The number of aromatic nitrogens is 1. The van der Waals surface area contributed by atoms with Crippen molar-refractivity contribution in [2.75, 3.05) is 13.1 Å². The number of rotatable bonds is 3. The van der Waals surface area contributed by atoms with Gasteiger partial charge >= 0.3 is 0 Å². The molecule has 138 valence electrons. The van der Waals surface area contributed by atoms with Gasteiger partial charge in [-0.3, -0.25) is 14.9 Å². The van der Waals surface area contributed by atoms with Crippen LogP contribution in [0.1, 0.15) is 35.0 Å². The van der Waals surface area contributed by atoms with Gasteiger partial charge in [-0.05, 0) is 37.1 Å². The Bertz CT molecular complexity index is 992.